The summed E-state index contributed by atoms with van der Waals surface area (Å²) >= 11 is 2.86. The van der Waals surface area contributed by atoms with E-state index in [-0.39, 0.29) is 63.2 Å². The molecule has 2 aliphatic heterocycles. The maximum Gasteiger partial charge on any atom is 0.305 e. The normalized spacial score (nSPS) is 31.3. The minimum atomic E-state index is -0.375. The molecule has 2 saturated carbocycles. The van der Waals surface area contributed by atoms with Crippen LogP contribution in [-0.4, -0.2) is 41.4 Å². The molecule has 0 spiro atoms. The van der Waals surface area contributed by atoms with E-state index in [4.69, 9.17) is 9.47 Å². The molecule has 7 rings (SSSR count). The number of imide groups is 1. The summed E-state index contributed by atoms with van der Waals surface area (Å²) in [5, 5.41) is 11.2. The number of phenols is 1. The number of amides is 2. The number of nitrogens with zero attached hydrogens (tertiary/aromatic N) is 1. The lowest BCUT2D eigenvalue weighted by molar-refractivity contribution is -0.123. The topological polar surface area (TPSA) is 109 Å². The zero-order valence-electron chi connectivity index (χ0n) is 20.0. The van der Waals surface area contributed by atoms with Crippen molar-refractivity contribution in [3.8, 4) is 17.2 Å². The number of ether oxygens (including phenoxy) is 2. The number of rotatable bonds is 4. The molecule has 2 amide bonds. The van der Waals surface area contributed by atoms with Crippen LogP contribution < -0.4 is 19.2 Å². The first-order valence-corrected chi connectivity index (χ1v) is 13.9. The number of hydrogen-bond donors (Lipinski definition) is 2. The zero-order valence-corrected chi connectivity index (χ0v) is 21.7. The van der Waals surface area contributed by atoms with Crippen molar-refractivity contribution in [2.75, 3.05) is 19.1 Å². The van der Waals surface area contributed by atoms with Crippen molar-refractivity contribution >= 4 is 40.6 Å². The Morgan fingerprint density at radius 3 is 2.41 bits per heavy atom. The third-order valence-corrected chi connectivity index (χ3v) is 11.2. The number of anilines is 1. The van der Waals surface area contributed by atoms with E-state index in [9.17, 15) is 19.5 Å². The molecule has 8 nitrogen and oxygen atoms in total. The molecule has 3 aromatic rings. The van der Waals surface area contributed by atoms with E-state index >= 15 is 0 Å². The Labute approximate surface area is 220 Å². The summed E-state index contributed by atoms with van der Waals surface area (Å²) < 4.78 is 10.6. The largest absolute Gasteiger partial charge is 0.504 e. The number of methoxy groups -OCH3 is 2. The minimum Gasteiger partial charge on any atom is -0.504 e. The molecule has 4 aliphatic rings. The molecule has 1 saturated heterocycles. The predicted octanol–water partition coefficient (Wildman–Crippen LogP) is 3.84. The number of thiazole rings is 1. The molecule has 0 radical (unpaired) electrons. The van der Waals surface area contributed by atoms with Crippen LogP contribution in [0.1, 0.15) is 22.8 Å². The molecule has 2 N–H and O–H groups in total. The summed E-state index contributed by atoms with van der Waals surface area (Å²) in [5.74, 6) is 0.111. The zero-order chi connectivity index (χ0) is 25.6. The van der Waals surface area contributed by atoms with Crippen LogP contribution in [0, 0.1) is 29.6 Å². The molecule has 2 aliphatic carbocycles. The van der Waals surface area contributed by atoms with Gasteiger partial charge in [-0.3, -0.25) is 19.3 Å². The Balaban J connectivity index is 1.31. The lowest BCUT2D eigenvalue weighted by Crippen LogP contribution is -2.42. The van der Waals surface area contributed by atoms with Crippen molar-refractivity contribution in [3.63, 3.8) is 0 Å². The molecule has 2 aromatic carbocycles. The van der Waals surface area contributed by atoms with E-state index in [1.54, 1.807) is 49.2 Å². The van der Waals surface area contributed by atoms with Gasteiger partial charge in [0.25, 0.3) is 0 Å². The van der Waals surface area contributed by atoms with Gasteiger partial charge in [0.1, 0.15) is 5.75 Å². The molecule has 2 bridgehead atoms. The number of aromatic amines is 1. The third kappa shape index (κ3) is 3.11. The van der Waals surface area contributed by atoms with Crippen LogP contribution in [-0.2, 0) is 9.59 Å². The number of fused-ring (bicyclic) bond motifs is 9. The Bertz CT molecular complexity index is 1500. The fourth-order valence-corrected chi connectivity index (χ4v) is 10.2. The van der Waals surface area contributed by atoms with Gasteiger partial charge in [0, 0.05) is 16.0 Å². The molecule has 7 atom stereocenters. The van der Waals surface area contributed by atoms with Crippen LogP contribution in [0.25, 0.3) is 0 Å². The van der Waals surface area contributed by atoms with E-state index in [0.717, 1.165) is 21.9 Å². The van der Waals surface area contributed by atoms with Gasteiger partial charge >= 0.3 is 4.87 Å². The van der Waals surface area contributed by atoms with E-state index in [1.165, 1.54) is 23.3 Å². The number of carbonyl (C=O) groups excluding carboxylic acids is 2. The number of aromatic nitrogens is 1. The second-order valence-corrected chi connectivity index (χ2v) is 12.3. The standard InChI is InChI=1S/C27H24N2O6S2/c1-34-13-6-4-12(5-7-13)29-25(31)20-14-10-15(21(20)26(29)32)22-19(14)18(23-24(36-22)28-27(33)37-23)11-3-8-16(30)17(9-11)35-2/h3-9,14-15,18-22,30H,10H2,1-2H3,(H,28,33)/t14-,15-,18+,19-,20+,21-,22+/m1/s1. The van der Waals surface area contributed by atoms with Crippen molar-refractivity contribution < 1.29 is 24.2 Å². The SMILES string of the molecule is COc1ccc(N2C(=O)[C@@H]3[C@H]4C[C@@H]([C@@H]3C2=O)[C@@H]2[C@H](c3ccc(O)c(OC)c3)c3sc(=O)[nH]c3S[C@@H]42)cc1. The van der Waals surface area contributed by atoms with Gasteiger partial charge in [0.2, 0.25) is 11.8 Å². The van der Waals surface area contributed by atoms with Gasteiger partial charge in [-0.05, 0) is 66.1 Å². The maximum absolute atomic E-state index is 13.8. The molecule has 0 unspecified atom stereocenters. The van der Waals surface area contributed by atoms with Gasteiger partial charge in [0.15, 0.2) is 11.5 Å². The van der Waals surface area contributed by atoms with Gasteiger partial charge in [-0.2, -0.15) is 0 Å². The van der Waals surface area contributed by atoms with Crippen molar-refractivity contribution in [1.82, 2.24) is 4.98 Å². The van der Waals surface area contributed by atoms with Crippen LogP contribution in [0.15, 0.2) is 52.3 Å². The van der Waals surface area contributed by atoms with Crippen molar-refractivity contribution in [2.45, 2.75) is 22.6 Å². The molecule has 190 valence electrons. The van der Waals surface area contributed by atoms with E-state index < -0.39 is 0 Å². The highest BCUT2D eigenvalue weighted by Gasteiger charge is 2.69. The molecular weight excluding hydrogens is 512 g/mol. The molecule has 37 heavy (non-hydrogen) atoms. The Morgan fingerprint density at radius 1 is 0.973 bits per heavy atom. The van der Waals surface area contributed by atoms with Gasteiger partial charge in [-0.15, -0.1) is 11.8 Å². The summed E-state index contributed by atoms with van der Waals surface area (Å²) in [7, 11) is 3.09. The molecule has 1 aromatic heterocycles. The number of aromatic hydroxyl groups is 1. The number of benzene rings is 2. The van der Waals surface area contributed by atoms with Gasteiger partial charge in [-0.1, -0.05) is 17.4 Å². The lowest BCUT2D eigenvalue weighted by atomic mass is 9.68. The lowest BCUT2D eigenvalue weighted by Gasteiger charge is -2.43. The van der Waals surface area contributed by atoms with Crippen LogP contribution in [0.4, 0.5) is 5.69 Å². The molecular formula is C27H24N2O6S2. The average Bonchev–Trinajstić information content (AvgIpc) is 3.63. The van der Waals surface area contributed by atoms with Crippen LogP contribution in [0.3, 0.4) is 0 Å². The number of phenolic OH excluding ortho intramolecular Hbond substituents is 1. The third-order valence-electron chi connectivity index (χ3n) is 8.62. The number of nitrogens with one attached hydrogen (secondary N) is 1. The van der Waals surface area contributed by atoms with Crippen LogP contribution >= 0.6 is 23.1 Å². The average molecular weight is 537 g/mol. The van der Waals surface area contributed by atoms with Crippen LogP contribution in [0.5, 0.6) is 17.2 Å². The summed E-state index contributed by atoms with van der Waals surface area (Å²) in [6, 6.07) is 12.4. The minimum absolute atomic E-state index is 0.0161. The second-order valence-electron chi connectivity index (χ2n) is 10.1. The van der Waals surface area contributed by atoms with E-state index in [1.807, 2.05) is 12.1 Å². The number of H-pyrrole nitrogens is 1. The van der Waals surface area contributed by atoms with Gasteiger partial charge < -0.3 is 19.6 Å². The maximum atomic E-state index is 13.8. The first kappa shape index (κ1) is 22.9. The number of thioether (sulfide) groups is 1. The fraction of sp³-hybridized carbons (Fsp3) is 0.370. The highest BCUT2D eigenvalue weighted by atomic mass is 32.2. The monoisotopic (exact) mass is 536 g/mol. The molecule has 3 fully saturated rings. The van der Waals surface area contributed by atoms with E-state index in [0.29, 0.717) is 17.2 Å². The van der Waals surface area contributed by atoms with Gasteiger partial charge in [-0.25, -0.2) is 0 Å². The van der Waals surface area contributed by atoms with E-state index in [2.05, 4.69) is 4.98 Å². The second kappa shape index (κ2) is 8.13. The van der Waals surface area contributed by atoms with Gasteiger partial charge in [0.05, 0.1) is 36.8 Å². The Morgan fingerprint density at radius 2 is 1.70 bits per heavy atom. The highest BCUT2D eigenvalue weighted by Crippen LogP contribution is 2.68. The predicted molar refractivity (Wildman–Crippen MR) is 139 cm³/mol. The summed E-state index contributed by atoms with van der Waals surface area (Å²) in [6.07, 6.45) is 0.816. The first-order valence-electron chi connectivity index (χ1n) is 12.2. The Kier molecular flexibility index (Phi) is 5.04. The highest BCUT2D eigenvalue weighted by molar-refractivity contribution is 8.00. The smallest absolute Gasteiger partial charge is 0.305 e. The first-order chi connectivity index (χ1) is 17.9. The summed E-state index contributed by atoms with van der Waals surface area (Å²) in [6.45, 7) is 0. The molecule has 3 heterocycles. The van der Waals surface area contributed by atoms with Crippen molar-refractivity contribution in [3.05, 3.63) is 62.6 Å². The van der Waals surface area contributed by atoms with Crippen LogP contribution in [0.2, 0.25) is 0 Å². The number of carbonyl (C=O) groups is 2. The fourth-order valence-electron chi connectivity index (χ4n) is 7.26. The summed E-state index contributed by atoms with van der Waals surface area (Å²) in [4.78, 5) is 45.1. The molecule has 10 heteroatoms. The Hall–Kier alpha value is -3.24. The van der Waals surface area contributed by atoms with Crippen molar-refractivity contribution in [1.29, 1.82) is 0 Å². The van der Waals surface area contributed by atoms with Crippen molar-refractivity contribution in [2.24, 2.45) is 29.6 Å². The quantitative estimate of drug-likeness (QED) is 0.488. The number of hydrogen-bond acceptors (Lipinski definition) is 8. The summed E-state index contributed by atoms with van der Waals surface area (Å²) in [5.41, 5.74) is 1.51.